The van der Waals surface area contributed by atoms with Gasteiger partial charge in [0.2, 0.25) is 0 Å². The van der Waals surface area contributed by atoms with Crippen molar-refractivity contribution in [2.45, 2.75) is 32.4 Å². The normalized spacial score (nSPS) is 16.8. The second kappa shape index (κ2) is 4.11. The summed E-state index contributed by atoms with van der Waals surface area (Å²) >= 11 is 5.43. The minimum absolute atomic E-state index is 0.874. The average Bonchev–Trinajstić information content (AvgIpc) is 2.88. The third kappa shape index (κ3) is 2.33. The van der Waals surface area contributed by atoms with Crippen molar-refractivity contribution < 1.29 is 0 Å². The van der Waals surface area contributed by atoms with Crippen LogP contribution in [-0.4, -0.2) is 17.5 Å². The molecule has 1 aromatic heterocycles. The van der Waals surface area contributed by atoms with Crippen molar-refractivity contribution in [3.8, 4) is 0 Å². The third-order valence-electron chi connectivity index (χ3n) is 2.51. The molecule has 1 nitrogen and oxygen atoms in total. The van der Waals surface area contributed by atoms with E-state index in [9.17, 15) is 0 Å². The van der Waals surface area contributed by atoms with Crippen LogP contribution in [0.5, 0.6) is 0 Å². The number of halogens is 1. The number of hydrogen-bond acceptors (Lipinski definition) is 2. The van der Waals surface area contributed by atoms with Crippen molar-refractivity contribution in [1.29, 1.82) is 0 Å². The summed E-state index contributed by atoms with van der Waals surface area (Å²) in [5.41, 5.74) is 0. The molecule has 0 unspecified atom stereocenters. The first-order valence-corrected chi connectivity index (χ1v) is 6.44. The van der Waals surface area contributed by atoms with Crippen molar-refractivity contribution in [2.24, 2.45) is 0 Å². The zero-order valence-electron chi connectivity index (χ0n) is 7.79. The van der Waals surface area contributed by atoms with Gasteiger partial charge in [-0.1, -0.05) is 6.92 Å². The smallest absolute Gasteiger partial charge is 0.0342 e. The van der Waals surface area contributed by atoms with Gasteiger partial charge in [0.05, 0.1) is 0 Å². The predicted octanol–water partition coefficient (Wildman–Crippen LogP) is 3.49. The highest BCUT2D eigenvalue weighted by molar-refractivity contribution is 9.10. The molecule has 0 spiro atoms. The van der Waals surface area contributed by atoms with Gasteiger partial charge in [-0.2, -0.15) is 0 Å². The molecule has 0 bridgehead atoms. The van der Waals surface area contributed by atoms with E-state index in [0.717, 1.165) is 12.6 Å². The maximum absolute atomic E-state index is 3.58. The SMILES string of the molecule is CCN(Cc1sccc1Br)C1CC1. The lowest BCUT2D eigenvalue weighted by Crippen LogP contribution is -2.24. The van der Waals surface area contributed by atoms with Crippen LogP contribution in [0.3, 0.4) is 0 Å². The molecule has 1 saturated carbocycles. The molecule has 72 valence electrons. The lowest BCUT2D eigenvalue weighted by Gasteiger charge is -2.18. The van der Waals surface area contributed by atoms with Crippen LogP contribution in [0.1, 0.15) is 24.6 Å². The van der Waals surface area contributed by atoms with E-state index in [1.807, 2.05) is 11.3 Å². The van der Waals surface area contributed by atoms with Crippen LogP contribution in [0.25, 0.3) is 0 Å². The first-order valence-electron chi connectivity index (χ1n) is 4.77. The molecular weight excluding hydrogens is 246 g/mol. The van der Waals surface area contributed by atoms with E-state index in [1.54, 1.807) is 0 Å². The molecule has 0 aliphatic heterocycles. The van der Waals surface area contributed by atoms with Crippen LogP contribution in [0.4, 0.5) is 0 Å². The second-order valence-electron chi connectivity index (χ2n) is 3.49. The Morgan fingerprint density at radius 2 is 2.38 bits per heavy atom. The fraction of sp³-hybridized carbons (Fsp3) is 0.600. The number of nitrogens with zero attached hydrogens (tertiary/aromatic N) is 1. The Morgan fingerprint density at radius 3 is 2.85 bits per heavy atom. The number of hydrogen-bond donors (Lipinski definition) is 0. The summed E-state index contributed by atoms with van der Waals surface area (Å²) in [6.07, 6.45) is 2.80. The topological polar surface area (TPSA) is 3.24 Å². The lowest BCUT2D eigenvalue weighted by molar-refractivity contribution is 0.271. The Morgan fingerprint density at radius 1 is 1.62 bits per heavy atom. The van der Waals surface area contributed by atoms with Crippen molar-refractivity contribution in [3.05, 3.63) is 20.8 Å². The van der Waals surface area contributed by atoms with Gasteiger partial charge < -0.3 is 0 Å². The van der Waals surface area contributed by atoms with Crippen molar-refractivity contribution >= 4 is 27.3 Å². The Labute approximate surface area is 91.9 Å². The van der Waals surface area contributed by atoms with Gasteiger partial charge in [-0.3, -0.25) is 4.90 Å². The van der Waals surface area contributed by atoms with E-state index in [2.05, 4.69) is 39.2 Å². The van der Waals surface area contributed by atoms with Crippen LogP contribution < -0.4 is 0 Å². The zero-order valence-corrected chi connectivity index (χ0v) is 10.2. The number of rotatable bonds is 4. The van der Waals surface area contributed by atoms with E-state index in [-0.39, 0.29) is 0 Å². The molecule has 1 aromatic rings. The summed E-state index contributed by atoms with van der Waals surface area (Å²) in [4.78, 5) is 4.03. The fourth-order valence-electron chi connectivity index (χ4n) is 1.56. The van der Waals surface area contributed by atoms with Crippen LogP contribution >= 0.6 is 27.3 Å². The third-order valence-corrected chi connectivity index (χ3v) is 4.42. The van der Waals surface area contributed by atoms with Gasteiger partial charge in [-0.25, -0.2) is 0 Å². The summed E-state index contributed by atoms with van der Waals surface area (Å²) < 4.78 is 1.27. The van der Waals surface area contributed by atoms with Gasteiger partial charge in [0.1, 0.15) is 0 Å². The molecule has 3 heteroatoms. The van der Waals surface area contributed by atoms with Crippen LogP contribution in [0.2, 0.25) is 0 Å². The minimum Gasteiger partial charge on any atom is -0.296 e. The second-order valence-corrected chi connectivity index (χ2v) is 5.34. The largest absolute Gasteiger partial charge is 0.296 e. The molecule has 0 aromatic carbocycles. The fourth-order valence-corrected chi connectivity index (χ4v) is 3.06. The summed E-state index contributed by atoms with van der Waals surface area (Å²) in [6.45, 7) is 4.55. The average molecular weight is 260 g/mol. The molecule has 0 saturated heterocycles. The van der Waals surface area contributed by atoms with Crippen LogP contribution in [0.15, 0.2) is 15.9 Å². The monoisotopic (exact) mass is 259 g/mol. The molecule has 13 heavy (non-hydrogen) atoms. The Bertz CT molecular complexity index is 280. The first kappa shape index (κ1) is 9.69. The first-order chi connectivity index (χ1) is 6.31. The number of thiophene rings is 1. The lowest BCUT2D eigenvalue weighted by atomic mass is 10.4. The molecule has 0 radical (unpaired) electrons. The van der Waals surface area contributed by atoms with Gasteiger partial charge in [0, 0.05) is 21.9 Å². The van der Waals surface area contributed by atoms with E-state index in [1.165, 1.54) is 28.7 Å². The van der Waals surface area contributed by atoms with E-state index >= 15 is 0 Å². The standard InChI is InChI=1S/C10H14BrNS/c1-2-12(8-3-4-8)7-10-9(11)5-6-13-10/h5-6,8H,2-4,7H2,1H3. The van der Waals surface area contributed by atoms with Gasteiger partial charge in [-0.05, 0) is 46.8 Å². The molecule has 1 aliphatic rings. The van der Waals surface area contributed by atoms with Gasteiger partial charge >= 0.3 is 0 Å². The van der Waals surface area contributed by atoms with Crippen LogP contribution in [0, 0.1) is 0 Å². The molecule has 1 fully saturated rings. The molecule has 1 heterocycles. The summed E-state index contributed by atoms with van der Waals surface area (Å²) in [5.74, 6) is 0. The minimum atomic E-state index is 0.874. The zero-order chi connectivity index (χ0) is 9.26. The van der Waals surface area contributed by atoms with Gasteiger partial charge in [0.15, 0.2) is 0 Å². The summed E-state index contributed by atoms with van der Waals surface area (Å²) in [6, 6.07) is 3.01. The Balaban J connectivity index is 1.99. The van der Waals surface area contributed by atoms with Crippen LogP contribution in [-0.2, 0) is 6.54 Å². The molecular formula is C10H14BrNS. The quantitative estimate of drug-likeness (QED) is 0.801. The highest BCUT2D eigenvalue weighted by Gasteiger charge is 2.28. The van der Waals surface area contributed by atoms with Crippen molar-refractivity contribution in [3.63, 3.8) is 0 Å². The highest BCUT2D eigenvalue weighted by Crippen LogP contribution is 2.31. The summed E-state index contributed by atoms with van der Waals surface area (Å²) in [5, 5.41) is 2.15. The Kier molecular flexibility index (Phi) is 3.06. The highest BCUT2D eigenvalue weighted by atomic mass is 79.9. The predicted molar refractivity (Wildman–Crippen MR) is 61.1 cm³/mol. The maximum atomic E-state index is 3.58. The Hall–Kier alpha value is 0.140. The van der Waals surface area contributed by atoms with Gasteiger partial charge in [-0.15, -0.1) is 11.3 Å². The van der Waals surface area contributed by atoms with Crippen molar-refractivity contribution in [2.75, 3.05) is 6.54 Å². The van der Waals surface area contributed by atoms with E-state index in [0.29, 0.717) is 0 Å². The molecule has 1 aliphatic carbocycles. The molecule has 0 amide bonds. The molecule has 0 N–H and O–H groups in total. The van der Waals surface area contributed by atoms with E-state index in [4.69, 9.17) is 0 Å². The molecule has 2 rings (SSSR count). The maximum Gasteiger partial charge on any atom is 0.0342 e. The van der Waals surface area contributed by atoms with Crippen molar-refractivity contribution in [1.82, 2.24) is 4.90 Å². The van der Waals surface area contributed by atoms with Gasteiger partial charge in [0.25, 0.3) is 0 Å². The summed E-state index contributed by atoms with van der Waals surface area (Å²) in [7, 11) is 0. The van der Waals surface area contributed by atoms with E-state index < -0.39 is 0 Å². The molecule has 0 atom stereocenters.